The number of pyridine rings is 1. The van der Waals surface area contributed by atoms with E-state index in [-0.39, 0.29) is 0 Å². The number of aromatic nitrogens is 3. The van der Waals surface area contributed by atoms with E-state index in [2.05, 4.69) is 209 Å². The number of fused-ring (bicyclic) bond motifs is 9. The fourth-order valence-electron chi connectivity index (χ4n) is 9.56. The van der Waals surface area contributed by atoms with Crippen molar-refractivity contribution in [3.63, 3.8) is 0 Å². The Morgan fingerprint density at radius 2 is 0.948 bits per heavy atom. The van der Waals surface area contributed by atoms with Gasteiger partial charge in [-0.05, 0) is 112 Å². The van der Waals surface area contributed by atoms with Gasteiger partial charge in [0.15, 0.2) is 0 Å². The molecule has 0 aliphatic heterocycles. The van der Waals surface area contributed by atoms with Gasteiger partial charge in [0, 0.05) is 38.5 Å². The molecule has 3 heterocycles. The minimum absolute atomic E-state index is 0.911. The quantitative estimate of drug-likeness (QED) is 0.172. The lowest BCUT2D eigenvalue weighted by Gasteiger charge is -2.19. The van der Waals surface area contributed by atoms with Gasteiger partial charge >= 0.3 is 0 Å². The zero-order valence-electron chi connectivity index (χ0n) is 31.8. The first-order chi connectivity index (χ1) is 28.8. The molecule has 3 heteroatoms. The topological polar surface area (TPSA) is 22.8 Å². The first-order valence-corrected chi connectivity index (χ1v) is 20.2. The van der Waals surface area contributed by atoms with E-state index in [1.807, 2.05) is 0 Å². The summed E-state index contributed by atoms with van der Waals surface area (Å²) in [6.07, 6.45) is 2.06. The van der Waals surface area contributed by atoms with E-state index < -0.39 is 0 Å². The minimum Gasteiger partial charge on any atom is -0.313 e. The summed E-state index contributed by atoms with van der Waals surface area (Å²) < 4.78 is 4.84. The molecule has 0 amide bonds. The first-order valence-electron chi connectivity index (χ1n) is 20.2. The monoisotopic (exact) mass is 739 g/mol. The average Bonchev–Trinajstić information content (AvgIpc) is 3.82. The van der Waals surface area contributed by atoms with Gasteiger partial charge < -0.3 is 4.57 Å². The van der Waals surface area contributed by atoms with Crippen molar-refractivity contribution in [1.29, 1.82) is 0 Å². The van der Waals surface area contributed by atoms with Crippen molar-refractivity contribution in [2.75, 3.05) is 0 Å². The molecule has 0 atom stereocenters. The summed E-state index contributed by atoms with van der Waals surface area (Å²) in [5.41, 5.74) is 18.4. The van der Waals surface area contributed by atoms with Crippen LogP contribution in [0.1, 0.15) is 11.3 Å². The molecule has 11 aromatic rings. The third kappa shape index (κ3) is 5.10. The largest absolute Gasteiger partial charge is 0.313 e. The molecule has 58 heavy (non-hydrogen) atoms. The number of rotatable bonds is 5. The maximum Gasteiger partial charge on any atom is 0.138 e. The van der Waals surface area contributed by atoms with E-state index in [1.165, 1.54) is 83.1 Å². The molecular weight excluding hydrogens is 703 g/mol. The van der Waals surface area contributed by atoms with Crippen molar-refractivity contribution in [2.24, 2.45) is 0 Å². The molecule has 0 radical (unpaired) electrons. The maximum absolute atomic E-state index is 5.33. The molecule has 0 spiro atoms. The van der Waals surface area contributed by atoms with Crippen molar-refractivity contribution < 1.29 is 0 Å². The van der Waals surface area contributed by atoms with Gasteiger partial charge in [0.2, 0.25) is 0 Å². The van der Waals surface area contributed by atoms with Gasteiger partial charge in [0.1, 0.15) is 5.82 Å². The lowest BCUT2D eigenvalue weighted by atomic mass is 9.87. The van der Waals surface area contributed by atoms with Crippen LogP contribution in [0, 0.1) is 0 Å². The van der Waals surface area contributed by atoms with Gasteiger partial charge in [-0.3, -0.25) is 4.57 Å². The molecule has 0 N–H and O–H groups in total. The first kappa shape index (κ1) is 32.7. The van der Waals surface area contributed by atoms with Crippen LogP contribution in [0.25, 0.3) is 99.6 Å². The second-order valence-corrected chi connectivity index (χ2v) is 15.5. The normalized spacial score (nSPS) is 12.3. The summed E-state index contributed by atoms with van der Waals surface area (Å²) in [4.78, 5) is 5.33. The summed E-state index contributed by atoms with van der Waals surface area (Å²) in [6, 6.07) is 72.9. The van der Waals surface area contributed by atoms with E-state index in [0.29, 0.717) is 0 Å². The number of nitrogens with zero attached hydrogens (tertiary/aromatic N) is 3. The van der Waals surface area contributed by atoms with Gasteiger partial charge in [0.25, 0.3) is 0 Å². The fraction of sp³-hybridized carbons (Fsp3) is 0.0364. The van der Waals surface area contributed by atoms with Crippen LogP contribution in [0.3, 0.4) is 0 Å². The summed E-state index contributed by atoms with van der Waals surface area (Å²) in [5, 5.41) is 4.87. The Kier molecular flexibility index (Phi) is 7.36. The molecule has 1 aliphatic rings. The lowest BCUT2D eigenvalue weighted by molar-refractivity contribution is 0.865. The van der Waals surface area contributed by atoms with E-state index in [4.69, 9.17) is 4.98 Å². The van der Waals surface area contributed by atoms with Crippen LogP contribution in [0.15, 0.2) is 200 Å². The van der Waals surface area contributed by atoms with E-state index in [0.717, 1.165) is 40.6 Å². The highest BCUT2D eigenvalue weighted by molar-refractivity contribution is 6.11. The Labute approximate surface area is 336 Å². The standard InChI is InChI=1S/C55H37N3/c1-3-13-36(14-4-1)37-23-25-39(26-24-37)46-35-54(56-49-21-11-9-19-44(46)49)58-50-22-12-10-20-45(50)47-33-40(28-30-51(47)58)41-29-31-52-48(34-41)55-43-18-8-7-15-38(43)27-32-53(55)57(52)42-16-5-2-6-17-42/h1-26,28-31,33-35H,27,32H2. The Bertz CT molecular complexity index is 3370. The predicted octanol–water partition coefficient (Wildman–Crippen LogP) is 14.0. The average molecular weight is 740 g/mol. The van der Waals surface area contributed by atoms with Crippen LogP contribution >= 0.6 is 0 Å². The number of benzene rings is 8. The lowest BCUT2D eigenvalue weighted by Crippen LogP contribution is -2.07. The van der Waals surface area contributed by atoms with E-state index in [9.17, 15) is 0 Å². The summed E-state index contributed by atoms with van der Waals surface area (Å²) in [7, 11) is 0. The number of hydrogen-bond donors (Lipinski definition) is 0. The van der Waals surface area contributed by atoms with Crippen molar-refractivity contribution in [3.8, 4) is 56.0 Å². The predicted molar refractivity (Wildman–Crippen MR) is 242 cm³/mol. The van der Waals surface area contributed by atoms with Crippen LogP contribution in [0.4, 0.5) is 0 Å². The van der Waals surface area contributed by atoms with Crippen LogP contribution in [-0.4, -0.2) is 14.1 Å². The molecule has 1 aliphatic carbocycles. The Morgan fingerprint density at radius 1 is 0.362 bits per heavy atom. The molecule has 3 aromatic heterocycles. The second-order valence-electron chi connectivity index (χ2n) is 15.5. The SMILES string of the molecule is c1ccc(-c2ccc(-c3cc(-n4c5ccccc5c5cc(-c6ccc7c(c6)c6c(n7-c7ccccc7)CCc7ccccc7-6)ccc54)nc4ccccc34)cc2)cc1. The molecular formula is C55H37N3. The van der Waals surface area contributed by atoms with Crippen molar-refractivity contribution >= 4 is 43.6 Å². The minimum atomic E-state index is 0.911. The summed E-state index contributed by atoms with van der Waals surface area (Å²) in [6.45, 7) is 0. The van der Waals surface area contributed by atoms with Crippen LogP contribution < -0.4 is 0 Å². The maximum atomic E-state index is 5.33. The van der Waals surface area contributed by atoms with Crippen molar-refractivity contribution in [1.82, 2.24) is 14.1 Å². The molecule has 0 saturated carbocycles. The second kappa shape index (κ2) is 13.0. The molecule has 8 aromatic carbocycles. The van der Waals surface area contributed by atoms with Crippen LogP contribution in [0.2, 0.25) is 0 Å². The van der Waals surface area contributed by atoms with Crippen LogP contribution in [0.5, 0.6) is 0 Å². The summed E-state index contributed by atoms with van der Waals surface area (Å²) in [5.74, 6) is 0.911. The highest BCUT2D eigenvalue weighted by atomic mass is 15.1. The van der Waals surface area contributed by atoms with E-state index >= 15 is 0 Å². The van der Waals surface area contributed by atoms with Gasteiger partial charge in [-0.1, -0.05) is 146 Å². The Balaban J connectivity index is 1.02. The number of hydrogen-bond acceptors (Lipinski definition) is 1. The van der Waals surface area contributed by atoms with Crippen molar-refractivity contribution in [2.45, 2.75) is 12.8 Å². The molecule has 0 unspecified atom stereocenters. The molecule has 0 saturated heterocycles. The molecule has 0 fully saturated rings. The molecule has 12 rings (SSSR count). The molecule has 272 valence electrons. The Morgan fingerprint density at radius 3 is 1.76 bits per heavy atom. The van der Waals surface area contributed by atoms with Gasteiger partial charge in [-0.15, -0.1) is 0 Å². The van der Waals surface area contributed by atoms with Gasteiger partial charge in [-0.25, -0.2) is 4.98 Å². The highest BCUT2D eigenvalue weighted by Gasteiger charge is 2.25. The smallest absolute Gasteiger partial charge is 0.138 e. The van der Waals surface area contributed by atoms with Gasteiger partial charge in [0.05, 0.1) is 22.1 Å². The Hall–Kier alpha value is -7.49. The number of para-hydroxylation sites is 3. The van der Waals surface area contributed by atoms with Crippen LogP contribution in [-0.2, 0) is 12.8 Å². The zero-order chi connectivity index (χ0) is 38.2. The third-order valence-electron chi connectivity index (χ3n) is 12.2. The third-order valence-corrected chi connectivity index (χ3v) is 12.2. The number of aryl methyl sites for hydroxylation is 1. The fourth-order valence-corrected chi connectivity index (χ4v) is 9.56. The zero-order valence-corrected chi connectivity index (χ0v) is 31.8. The highest BCUT2D eigenvalue weighted by Crippen LogP contribution is 2.44. The molecule has 0 bridgehead atoms. The molecule has 3 nitrogen and oxygen atoms in total. The van der Waals surface area contributed by atoms with Gasteiger partial charge in [-0.2, -0.15) is 0 Å². The summed E-state index contributed by atoms with van der Waals surface area (Å²) >= 11 is 0. The van der Waals surface area contributed by atoms with E-state index in [1.54, 1.807) is 0 Å². The van der Waals surface area contributed by atoms with Crippen molar-refractivity contribution in [3.05, 3.63) is 211 Å².